The molecule has 2 unspecified atom stereocenters. The van der Waals surface area contributed by atoms with Crippen LogP contribution in [-0.2, 0) is 17.5 Å². The summed E-state index contributed by atoms with van der Waals surface area (Å²) >= 11 is 0. The van der Waals surface area contributed by atoms with Crippen molar-refractivity contribution >= 4 is 5.91 Å². The molecule has 0 bridgehead atoms. The topological polar surface area (TPSA) is 79.8 Å². The molecule has 2 N–H and O–H groups in total. The van der Waals surface area contributed by atoms with Gasteiger partial charge in [-0.3, -0.25) is 9.78 Å². The van der Waals surface area contributed by atoms with Gasteiger partial charge >= 0.3 is 6.18 Å². The Labute approximate surface area is 146 Å². The van der Waals surface area contributed by atoms with Crippen LogP contribution in [0.4, 0.5) is 17.6 Å². The molecule has 2 aromatic rings. The van der Waals surface area contributed by atoms with Crippen molar-refractivity contribution in [2.75, 3.05) is 6.54 Å². The Kier molecular flexibility index (Phi) is 5.12. The predicted octanol–water partition coefficient (Wildman–Crippen LogP) is 1.87. The summed E-state index contributed by atoms with van der Waals surface area (Å²) in [5.41, 5.74) is 0.200. The number of hydrogen-bond acceptors (Lipinski definition) is 5. The maximum absolute atomic E-state index is 13.5. The Balaban J connectivity index is 1.67. The van der Waals surface area contributed by atoms with Crippen molar-refractivity contribution in [3.8, 4) is 11.3 Å². The van der Waals surface area contributed by atoms with Crippen LogP contribution >= 0.6 is 0 Å². The molecule has 0 spiro atoms. The van der Waals surface area contributed by atoms with E-state index in [-0.39, 0.29) is 13.0 Å². The van der Waals surface area contributed by atoms with Crippen LogP contribution in [0.5, 0.6) is 0 Å². The summed E-state index contributed by atoms with van der Waals surface area (Å²) in [7, 11) is 0. The first-order valence-electron chi connectivity index (χ1n) is 7.84. The molecular formula is C16H15F4N5O. The molecule has 0 radical (unpaired) electrons. The second-order valence-electron chi connectivity index (χ2n) is 5.78. The second-order valence-corrected chi connectivity index (χ2v) is 5.78. The quantitative estimate of drug-likeness (QED) is 0.805. The summed E-state index contributed by atoms with van der Waals surface area (Å²) in [6.45, 7) is 0.491. The van der Waals surface area contributed by atoms with Crippen LogP contribution in [0, 0.1) is 0 Å². The van der Waals surface area contributed by atoms with Gasteiger partial charge in [0.05, 0.1) is 17.9 Å². The number of carbonyl (C=O) groups is 1. The van der Waals surface area contributed by atoms with E-state index < -0.39 is 30.0 Å². The molecule has 1 aliphatic heterocycles. The van der Waals surface area contributed by atoms with Gasteiger partial charge in [0.2, 0.25) is 5.91 Å². The molecule has 1 aliphatic rings. The van der Waals surface area contributed by atoms with Gasteiger partial charge in [-0.05, 0) is 31.2 Å². The molecule has 3 rings (SSSR count). The second kappa shape index (κ2) is 7.32. The SMILES string of the molecule is O=C(NCc1cc(-c2ccc(C(F)(F)F)nc2)ncn1)C1NCCC1F. The monoisotopic (exact) mass is 369 g/mol. The van der Waals surface area contributed by atoms with Gasteiger partial charge in [0.25, 0.3) is 0 Å². The minimum atomic E-state index is -4.51. The van der Waals surface area contributed by atoms with E-state index in [1.807, 2.05) is 0 Å². The van der Waals surface area contributed by atoms with Crippen LogP contribution in [0.15, 0.2) is 30.7 Å². The van der Waals surface area contributed by atoms with E-state index in [9.17, 15) is 22.4 Å². The lowest BCUT2D eigenvalue weighted by atomic mass is 10.1. The number of nitrogens with zero attached hydrogens (tertiary/aromatic N) is 3. The molecule has 138 valence electrons. The van der Waals surface area contributed by atoms with E-state index in [1.54, 1.807) is 0 Å². The smallest absolute Gasteiger partial charge is 0.349 e. The van der Waals surface area contributed by atoms with Gasteiger partial charge in [-0.2, -0.15) is 13.2 Å². The zero-order chi connectivity index (χ0) is 18.7. The van der Waals surface area contributed by atoms with Gasteiger partial charge in [0.1, 0.15) is 24.2 Å². The van der Waals surface area contributed by atoms with Crippen LogP contribution < -0.4 is 10.6 Å². The number of halogens is 4. The van der Waals surface area contributed by atoms with Gasteiger partial charge in [-0.25, -0.2) is 14.4 Å². The molecule has 10 heteroatoms. The van der Waals surface area contributed by atoms with E-state index in [0.717, 1.165) is 12.3 Å². The highest BCUT2D eigenvalue weighted by atomic mass is 19.4. The molecule has 2 atom stereocenters. The molecule has 0 aromatic carbocycles. The fraction of sp³-hybridized carbons (Fsp3) is 0.375. The molecule has 1 amide bonds. The number of rotatable bonds is 4. The number of pyridine rings is 1. The molecule has 3 heterocycles. The van der Waals surface area contributed by atoms with E-state index in [2.05, 4.69) is 25.6 Å². The van der Waals surface area contributed by atoms with E-state index in [1.165, 1.54) is 18.5 Å². The first-order chi connectivity index (χ1) is 12.3. The fourth-order valence-corrected chi connectivity index (χ4v) is 2.58. The average Bonchev–Trinajstić information content (AvgIpc) is 3.05. The first-order valence-corrected chi connectivity index (χ1v) is 7.84. The molecule has 6 nitrogen and oxygen atoms in total. The molecule has 1 saturated heterocycles. The van der Waals surface area contributed by atoms with Gasteiger partial charge in [-0.1, -0.05) is 0 Å². The standard InChI is InChI=1S/C16H15F4N5O/c17-11-3-4-21-14(11)15(26)23-7-10-5-12(25-8-24-10)9-1-2-13(22-6-9)16(18,19)20/h1-2,5-6,8,11,14,21H,3-4,7H2,(H,23,26). The van der Waals surface area contributed by atoms with Crippen molar-refractivity contribution in [1.29, 1.82) is 0 Å². The predicted molar refractivity (Wildman–Crippen MR) is 83.4 cm³/mol. The number of carbonyl (C=O) groups excluding carboxylic acids is 1. The summed E-state index contributed by atoms with van der Waals surface area (Å²) in [5, 5.41) is 5.36. The lowest BCUT2D eigenvalue weighted by Gasteiger charge is -2.13. The maximum Gasteiger partial charge on any atom is 0.433 e. The molecule has 1 fully saturated rings. The van der Waals surface area contributed by atoms with Crippen molar-refractivity contribution in [1.82, 2.24) is 25.6 Å². The van der Waals surface area contributed by atoms with Crippen LogP contribution in [0.25, 0.3) is 11.3 Å². The van der Waals surface area contributed by atoms with E-state index in [0.29, 0.717) is 23.5 Å². The maximum atomic E-state index is 13.5. The zero-order valence-corrected chi connectivity index (χ0v) is 13.4. The van der Waals surface area contributed by atoms with Crippen molar-refractivity contribution in [2.24, 2.45) is 0 Å². The van der Waals surface area contributed by atoms with Gasteiger partial charge in [-0.15, -0.1) is 0 Å². The Morgan fingerprint density at radius 2 is 2.08 bits per heavy atom. The number of nitrogens with one attached hydrogen (secondary N) is 2. The van der Waals surface area contributed by atoms with E-state index >= 15 is 0 Å². The van der Waals surface area contributed by atoms with Crippen molar-refractivity contribution in [3.63, 3.8) is 0 Å². The van der Waals surface area contributed by atoms with Crippen LogP contribution in [0.3, 0.4) is 0 Å². The van der Waals surface area contributed by atoms with Crippen molar-refractivity contribution in [2.45, 2.75) is 31.4 Å². The lowest BCUT2D eigenvalue weighted by molar-refractivity contribution is -0.141. The highest BCUT2D eigenvalue weighted by Crippen LogP contribution is 2.28. The van der Waals surface area contributed by atoms with Crippen molar-refractivity contribution in [3.05, 3.63) is 42.1 Å². The lowest BCUT2D eigenvalue weighted by Crippen LogP contribution is -2.44. The molecule has 2 aromatic heterocycles. The Morgan fingerprint density at radius 1 is 1.27 bits per heavy atom. The highest BCUT2D eigenvalue weighted by Gasteiger charge is 2.33. The molecule has 0 aliphatic carbocycles. The van der Waals surface area contributed by atoms with Crippen LogP contribution in [-0.4, -0.2) is 39.6 Å². The third-order valence-electron chi connectivity index (χ3n) is 3.95. The number of alkyl halides is 4. The Morgan fingerprint density at radius 3 is 2.69 bits per heavy atom. The van der Waals surface area contributed by atoms with Crippen LogP contribution in [0.2, 0.25) is 0 Å². The molecular weight excluding hydrogens is 354 g/mol. The molecule has 0 saturated carbocycles. The zero-order valence-electron chi connectivity index (χ0n) is 13.4. The Hall–Kier alpha value is -2.62. The average molecular weight is 369 g/mol. The summed E-state index contributed by atoms with van der Waals surface area (Å²) < 4.78 is 51.2. The largest absolute Gasteiger partial charge is 0.433 e. The summed E-state index contributed by atoms with van der Waals surface area (Å²) in [5.74, 6) is -0.466. The van der Waals surface area contributed by atoms with Crippen molar-refractivity contribution < 1.29 is 22.4 Å². The third kappa shape index (κ3) is 4.13. The minimum Gasteiger partial charge on any atom is -0.349 e. The fourth-order valence-electron chi connectivity index (χ4n) is 2.58. The number of aromatic nitrogens is 3. The van der Waals surface area contributed by atoms with E-state index in [4.69, 9.17) is 0 Å². The minimum absolute atomic E-state index is 0.0489. The normalized spacial score (nSPS) is 20.2. The highest BCUT2D eigenvalue weighted by molar-refractivity contribution is 5.82. The molecule has 26 heavy (non-hydrogen) atoms. The third-order valence-corrected chi connectivity index (χ3v) is 3.95. The summed E-state index contributed by atoms with van der Waals surface area (Å²) in [6.07, 6.45) is -3.14. The van der Waals surface area contributed by atoms with Crippen LogP contribution in [0.1, 0.15) is 17.8 Å². The van der Waals surface area contributed by atoms with Gasteiger partial charge in [0, 0.05) is 11.8 Å². The Bertz CT molecular complexity index is 781. The van der Waals surface area contributed by atoms with Gasteiger partial charge in [0.15, 0.2) is 0 Å². The summed E-state index contributed by atoms with van der Waals surface area (Å²) in [4.78, 5) is 23.3. The number of hydrogen-bond donors (Lipinski definition) is 2. The van der Waals surface area contributed by atoms with Gasteiger partial charge < -0.3 is 10.6 Å². The summed E-state index contributed by atoms with van der Waals surface area (Å²) in [6, 6.07) is 2.78. The number of amides is 1. The first kappa shape index (κ1) is 18.2.